The Morgan fingerprint density at radius 1 is 1.12 bits per heavy atom. The highest BCUT2D eigenvalue weighted by molar-refractivity contribution is 7.85. The van der Waals surface area contributed by atoms with E-state index in [2.05, 4.69) is 0 Å². The van der Waals surface area contributed by atoms with Gasteiger partial charge in [0.15, 0.2) is 0 Å². The molecule has 0 unspecified atom stereocenters. The molecule has 2 rings (SSSR count). The lowest BCUT2D eigenvalue weighted by Crippen LogP contribution is -2.12. The van der Waals surface area contributed by atoms with Crippen LogP contribution in [-0.2, 0) is 16.3 Å². The number of hydrogen-bond acceptors (Lipinski definition) is 3. The van der Waals surface area contributed by atoms with Crippen LogP contribution in [0.4, 0.5) is 13.2 Å². The van der Waals surface area contributed by atoms with Crippen molar-refractivity contribution >= 4 is 32.2 Å². The molecule has 0 aliphatic rings. The van der Waals surface area contributed by atoms with Gasteiger partial charge >= 0.3 is 6.18 Å². The zero-order chi connectivity index (χ0) is 12.8. The lowest BCUT2D eigenvalue weighted by Gasteiger charge is -2.11. The predicted molar refractivity (Wildman–Crippen MR) is 56.6 cm³/mol. The van der Waals surface area contributed by atoms with Crippen molar-refractivity contribution in [3.63, 3.8) is 0 Å². The average molecular weight is 282 g/mol. The molecule has 0 aliphatic carbocycles. The second-order valence-electron chi connectivity index (χ2n) is 3.32. The first-order chi connectivity index (χ1) is 7.69. The minimum absolute atomic E-state index is 0.287. The molecule has 2 aromatic rings. The first-order valence-corrected chi connectivity index (χ1v) is 6.62. The lowest BCUT2D eigenvalue weighted by atomic mass is 10.1. The van der Waals surface area contributed by atoms with Gasteiger partial charge in [0.05, 0.1) is 5.56 Å². The third-order valence-electron chi connectivity index (χ3n) is 2.16. The van der Waals surface area contributed by atoms with Crippen molar-refractivity contribution < 1.29 is 26.1 Å². The van der Waals surface area contributed by atoms with Crippen LogP contribution in [0, 0.1) is 0 Å². The van der Waals surface area contributed by atoms with Crippen LogP contribution in [0.15, 0.2) is 27.8 Å². The number of halogens is 3. The zero-order valence-electron chi connectivity index (χ0n) is 8.02. The summed E-state index contributed by atoms with van der Waals surface area (Å²) in [4.78, 5) is -1.11. The predicted octanol–water partition coefficient (Wildman–Crippen LogP) is 3.17. The maximum absolute atomic E-state index is 12.6. The van der Waals surface area contributed by atoms with Gasteiger partial charge in [0.25, 0.3) is 10.1 Å². The van der Waals surface area contributed by atoms with Crippen LogP contribution >= 0.6 is 11.3 Å². The molecular weight excluding hydrogens is 277 g/mol. The first-order valence-electron chi connectivity index (χ1n) is 4.24. The van der Waals surface area contributed by atoms with Gasteiger partial charge in [0, 0.05) is 0 Å². The molecular formula is C9H5F3O3S2. The molecule has 0 radical (unpaired) electrons. The van der Waals surface area contributed by atoms with Gasteiger partial charge in [-0.25, -0.2) is 0 Å². The molecule has 0 atom stereocenters. The van der Waals surface area contributed by atoms with E-state index >= 15 is 0 Å². The van der Waals surface area contributed by atoms with Crippen molar-refractivity contribution in [2.24, 2.45) is 0 Å². The summed E-state index contributed by atoms with van der Waals surface area (Å²) in [7, 11) is -4.90. The van der Waals surface area contributed by atoms with Crippen molar-refractivity contribution in [1.29, 1.82) is 0 Å². The molecule has 0 bridgehead atoms. The summed E-state index contributed by atoms with van der Waals surface area (Å²) in [6.07, 6.45) is -4.83. The summed E-state index contributed by atoms with van der Waals surface area (Å²) < 4.78 is 68.6. The third kappa shape index (κ3) is 2.28. The Morgan fingerprint density at radius 2 is 1.65 bits per heavy atom. The van der Waals surface area contributed by atoms with Gasteiger partial charge in [0.2, 0.25) is 0 Å². The minimum atomic E-state index is -4.90. The monoisotopic (exact) mass is 282 g/mol. The van der Waals surface area contributed by atoms with Crippen molar-refractivity contribution in [2.45, 2.75) is 11.1 Å². The highest BCUT2D eigenvalue weighted by Gasteiger charge is 2.37. The Labute approximate surface area is 98.2 Å². The van der Waals surface area contributed by atoms with Crippen LogP contribution in [-0.4, -0.2) is 13.0 Å². The molecule has 1 aromatic carbocycles. The Bertz CT molecular complexity index is 670. The molecule has 92 valence electrons. The largest absolute Gasteiger partial charge is 0.417 e. The van der Waals surface area contributed by atoms with Crippen LogP contribution < -0.4 is 0 Å². The van der Waals surface area contributed by atoms with Crippen LogP contribution in [0.25, 0.3) is 10.8 Å². The molecule has 0 fully saturated rings. The molecule has 3 nitrogen and oxygen atoms in total. The number of alkyl halides is 3. The Kier molecular flexibility index (Phi) is 2.68. The van der Waals surface area contributed by atoms with E-state index in [-0.39, 0.29) is 5.39 Å². The summed E-state index contributed by atoms with van der Waals surface area (Å²) >= 11 is 1.15. The summed E-state index contributed by atoms with van der Waals surface area (Å²) in [6, 6.07) is 1.54. The van der Waals surface area contributed by atoms with Gasteiger partial charge < -0.3 is 0 Å². The normalized spacial score (nSPS) is 13.2. The fourth-order valence-corrected chi connectivity index (χ4v) is 2.93. The van der Waals surface area contributed by atoms with E-state index in [0.29, 0.717) is 5.39 Å². The number of thiophene rings is 1. The topological polar surface area (TPSA) is 54.4 Å². The quantitative estimate of drug-likeness (QED) is 0.817. The zero-order valence-corrected chi connectivity index (χ0v) is 9.66. The highest BCUT2D eigenvalue weighted by Crippen LogP contribution is 2.37. The van der Waals surface area contributed by atoms with Crippen LogP contribution in [0.2, 0.25) is 0 Å². The van der Waals surface area contributed by atoms with Gasteiger partial charge in [0.1, 0.15) is 4.90 Å². The summed E-state index contributed by atoms with van der Waals surface area (Å²) in [6.45, 7) is 0. The molecule has 0 saturated heterocycles. The molecule has 0 amide bonds. The summed E-state index contributed by atoms with van der Waals surface area (Å²) in [5, 5.41) is 3.60. The van der Waals surface area contributed by atoms with Crippen molar-refractivity contribution in [2.75, 3.05) is 0 Å². The van der Waals surface area contributed by atoms with Gasteiger partial charge in [-0.2, -0.15) is 32.9 Å². The van der Waals surface area contributed by atoms with Gasteiger partial charge in [-0.15, -0.1) is 0 Å². The maximum atomic E-state index is 12.6. The van der Waals surface area contributed by atoms with E-state index in [1.165, 1.54) is 10.8 Å². The fourth-order valence-electron chi connectivity index (χ4n) is 1.43. The molecule has 8 heteroatoms. The fraction of sp³-hybridized carbons (Fsp3) is 0.111. The van der Waals surface area contributed by atoms with Crippen molar-refractivity contribution in [1.82, 2.24) is 0 Å². The van der Waals surface area contributed by atoms with Crippen LogP contribution in [0.1, 0.15) is 5.56 Å². The van der Waals surface area contributed by atoms with Gasteiger partial charge in [-0.1, -0.05) is 0 Å². The number of rotatable bonds is 1. The Hall–Kier alpha value is -1.12. The third-order valence-corrected chi connectivity index (χ3v) is 3.83. The second-order valence-corrected chi connectivity index (χ2v) is 5.46. The number of fused-ring (bicyclic) bond motifs is 1. The van der Waals surface area contributed by atoms with E-state index in [4.69, 9.17) is 4.55 Å². The summed E-state index contributed by atoms with van der Waals surface area (Å²) in [5.41, 5.74) is -1.36. The Morgan fingerprint density at radius 3 is 2.12 bits per heavy atom. The maximum Gasteiger partial charge on any atom is 0.417 e. The van der Waals surface area contributed by atoms with Crippen molar-refractivity contribution in [3.05, 3.63) is 28.5 Å². The van der Waals surface area contributed by atoms with Crippen molar-refractivity contribution in [3.8, 4) is 0 Å². The molecule has 1 heterocycles. The Balaban J connectivity index is 2.87. The number of benzene rings is 1. The van der Waals surface area contributed by atoms with E-state index in [1.807, 2.05) is 0 Å². The van der Waals surface area contributed by atoms with E-state index < -0.39 is 26.8 Å². The standard InChI is InChI=1S/C9H5F3O3S2/c10-9(11,12)7-1-5-3-16-4-6(5)2-8(7)17(13,14)15/h1-4H,(H,13,14,15). The highest BCUT2D eigenvalue weighted by atomic mass is 32.2. The van der Waals surface area contributed by atoms with E-state index in [9.17, 15) is 21.6 Å². The summed E-state index contributed by atoms with van der Waals surface area (Å²) in [5.74, 6) is 0. The number of hydrogen-bond donors (Lipinski definition) is 1. The molecule has 1 N–H and O–H groups in total. The van der Waals surface area contributed by atoms with Gasteiger partial charge in [-0.05, 0) is 33.7 Å². The molecule has 1 aromatic heterocycles. The lowest BCUT2D eigenvalue weighted by molar-refractivity contribution is -0.139. The molecule has 17 heavy (non-hydrogen) atoms. The first kappa shape index (κ1) is 12.3. The second kappa shape index (κ2) is 3.69. The molecule has 0 aliphatic heterocycles. The van der Waals surface area contributed by atoms with Crippen LogP contribution in [0.3, 0.4) is 0 Å². The minimum Gasteiger partial charge on any atom is -0.282 e. The SMILES string of the molecule is O=S(=O)(O)c1cc2cscc2cc1C(F)(F)F. The molecule has 0 saturated carbocycles. The van der Waals surface area contributed by atoms with E-state index in [1.54, 1.807) is 0 Å². The molecule has 0 spiro atoms. The van der Waals surface area contributed by atoms with Gasteiger partial charge in [-0.3, -0.25) is 4.55 Å². The van der Waals surface area contributed by atoms with Crippen LogP contribution in [0.5, 0.6) is 0 Å². The van der Waals surface area contributed by atoms with E-state index in [0.717, 1.165) is 23.5 Å². The average Bonchev–Trinajstić information content (AvgIpc) is 2.59. The smallest absolute Gasteiger partial charge is 0.282 e.